The normalized spacial score (nSPS) is 26.6. The van der Waals surface area contributed by atoms with E-state index in [4.69, 9.17) is 4.43 Å². The number of carbonyl (C=O) groups excluding carboxylic acids is 1. The minimum absolute atomic E-state index is 0.00258. The van der Waals surface area contributed by atoms with Gasteiger partial charge in [-0.2, -0.15) is 0 Å². The summed E-state index contributed by atoms with van der Waals surface area (Å²) in [6.45, 7) is 12.9. The molecule has 4 unspecified atom stereocenters. The number of rotatable bonds is 7. The summed E-state index contributed by atoms with van der Waals surface area (Å²) in [5.74, 6) is 0.334. The van der Waals surface area contributed by atoms with Crippen LogP contribution < -0.4 is 15.6 Å². The van der Waals surface area contributed by atoms with Crippen molar-refractivity contribution in [3.8, 4) is 0 Å². The zero-order valence-corrected chi connectivity index (χ0v) is 23.7. The summed E-state index contributed by atoms with van der Waals surface area (Å²) in [7, 11) is -2.86. The van der Waals surface area contributed by atoms with Crippen molar-refractivity contribution in [1.29, 1.82) is 0 Å². The van der Waals surface area contributed by atoms with E-state index in [2.05, 4.69) is 131 Å². The van der Waals surface area contributed by atoms with Crippen LogP contribution in [0.25, 0.3) is 0 Å². The van der Waals surface area contributed by atoms with E-state index in [0.29, 0.717) is 0 Å². The molecule has 4 rings (SSSR count). The molecule has 3 nitrogen and oxygen atoms in total. The number of amides is 1. The minimum atomic E-state index is -2.86. The molecule has 1 heterocycles. The van der Waals surface area contributed by atoms with E-state index in [1.165, 1.54) is 15.6 Å². The number of piperidine rings is 1. The lowest BCUT2D eigenvalue weighted by Crippen LogP contribution is -2.75. The Bertz CT molecular complexity index is 1060. The van der Waals surface area contributed by atoms with E-state index in [9.17, 15) is 4.79 Å². The first kappa shape index (κ1) is 26.4. The zero-order chi connectivity index (χ0) is 26.0. The van der Waals surface area contributed by atoms with Crippen molar-refractivity contribution in [2.24, 2.45) is 5.92 Å². The lowest BCUT2D eigenvalue weighted by atomic mass is 9.68. The number of likely N-dealkylation sites (tertiary alicyclic amines) is 1. The van der Waals surface area contributed by atoms with Crippen LogP contribution in [-0.2, 0) is 9.22 Å². The molecule has 0 saturated carbocycles. The van der Waals surface area contributed by atoms with Gasteiger partial charge in [-0.25, -0.2) is 0 Å². The Labute approximate surface area is 218 Å². The second kappa shape index (κ2) is 10.4. The molecule has 0 bridgehead atoms. The van der Waals surface area contributed by atoms with Gasteiger partial charge in [0.05, 0.1) is 6.10 Å². The summed E-state index contributed by atoms with van der Waals surface area (Å²) in [6, 6.07) is 32.4. The molecule has 0 aliphatic carbocycles. The number of benzene rings is 3. The lowest BCUT2D eigenvalue weighted by Gasteiger charge is -2.61. The summed E-state index contributed by atoms with van der Waals surface area (Å²) >= 11 is 0. The molecule has 1 fully saturated rings. The van der Waals surface area contributed by atoms with E-state index >= 15 is 0 Å². The number of nitrogens with zero attached hydrogens (tertiary/aromatic N) is 1. The smallest absolute Gasteiger partial charge is 0.288 e. The molecule has 1 amide bonds. The molecule has 4 atom stereocenters. The Morgan fingerprint density at radius 2 is 1.25 bits per heavy atom. The van der Waals surface area contributed by atoms with Crippen LogP contribution in [0.2, 0.25) is 0 Å². The van der Waals surface area contributed by atoms with E-state index in [1.54, 1.807) is 6.92 Å². The Kier molecular flexibility index (Phi) is 7.58. The van der Waals surface area contributed by atoms with Crippen molar-refractivity contribution in [2.45, 2.75) is 78.0 Å². The quantitative estimate of drug-likeness (QED) is 0.328. The summed E-state index contributed by atoms with van der Waals surface area (Å²) in [5.41, 5.74) is -0.554. The topological polar surface area (TPSA) is 29.5 Å². The summed E-state index contributed by atoms with van der Waals surface area (Å²) in [5, 5.41) is 3.75. The monoisotopic (exact) mass is 499 g/mol. The molecule has 0 radical (unpaired) electrons. The third-order valence-corrected chi connectivity index (χ3v) is 13.0. The van der Waals surface area contributed by atoms with Crippen LogP contribution in [0.5, 0.6) is 0 Å². The number of hydrogen-bond donors (Lipinski definition) is 0. The minimum Gasteiger partial charge on any atom is -0.401 e. The van der Waals surface area contributed by atoms with Gasteiger partial charge in [0.15, 0.2) is 0 Å². The van der Waals surface area contributed by atoms with Crippen LogP contribution >= 0.6 is 0 Å². The molecular weight excluding hydrogens is 458 g/mol. The third-order valence-electron chi connectivity index (χ3n) is 8.89. The average Bonchev–Trinajstić information content (AvgIpc) is 2.91. The number of hydrogen-bond acceptors (Lipinski definition) is 2. The predicted molar refractivity (Wildman–Crippen MR) is 153 cm³/mol. The van der Waals surface area contributed by atoms with Crippen LogP contribution in [0.3, 0.4) is 0 Å². The van der Waals surface area contributed by atoms with Gasteiger partial charge in [-0.15, -0.1) is 0 Å². The molecule has 36 heavy (non-hydrogen) atoms. The maximum Gasteiger partial charge on any atom is 0.288 e. The molecule has 0 aromatic heterocycles. The van der Waals surface area contributed by atoms with Crippen LogP contribution in [0, 0.1) is 5.92 Å². The highest BCUT2D eigenvalue weighted by atomic mass is 28.4. The Balaban J connectivity index is 1.94. The maximum absolute atomic E-state index is 13.0. The average molecular weight is 500 g/mol. The molecule has 1 saturated heterocycles. The van der Waals surface area contributed by atoms with Gasteiger partial charge in [0.1, 0.15) is 0 Å². The maximum atomic E-state index is 13.0. The van der Waals surface area contributed by atoms with Gasteiger partial charge < -0.3 is 9.33 Å². The Morgan fingerprint density at radius 3 is 1.58 bits per heavy atom. The Hall–Kier alpha value is -2.69. The van der Waals surface area contributed by atoms with Gasteiger partial charge in [-0.3, -0.25) is 4.79 Å². The van der Waals surface area contributed by atoms with Crippen LogP contribution in [-0.4, -0.2) is 36.3 Å². The largest absolute Gasteiger partial charge is 0.401 e. The van der Waals surface area contributed by atoms with E-state index in [1.807, 2.05) is 0 Å². The van der Waals surface area contributed by atoms with Gasteiger partial charge in [0, 0.05) is 23.9 Å². The third kappa shape index (κ3) is 4.35. The molecule has 4 heteroatoms. The predicted octanol–water partition coefficient (Wildman–Crippen LogP) is 5.26. The first-order valence-electron chi connectivity index (χ1n) is 13.4. The highest BCUT2D eigenvalue weighted by Crippen LogP contribution is 2.47. The highest BCUT2D eigenvalue weighted by molar-refractivity contribution is 7.07. The van der Waals surface area contributed by atoms with Crippen molar-refractivity contribution in [3.05, 3.63) is 91.0 Å². The van der Waals surface area contributed by atoms with E-state index in [-0.39, 0.29) is 29.0 Å². The van der Waals surface area contributed by atoms with Crippen LogP contribution in [0.4, 0.5) is 0 Å². The molecule has 3 aromatic rings. The van der Waals surface area contributed by atoms with Crippen molar-refractivity contribution < 1.29 is 9.22 Å². The molecule has 190 valence electrons. The molecule has 0 N–H and O–H groups in total. The molecule has 0 spiro atoms. The Morgan fingerprint density at radius 1 is 0.833 bits per heavy atom. The number of carbonyl (C=O) groups is 1. The SMILES string of the molecule is CCC1(C)CC(O[Si](c2ccccc2)(c2ccccc2)c2ccccc2)C(C)C(C)(CC)N1C(C)=O. The fourth-order valence-corrected chi connectivity index (χ4v) is 10.7. The van der Waals surface area contributed by atoms with Crippen LogP contribution in [0.15, 0.2) is 91.0 Å². The van der Waals surface area contributed by atoms with Crippen molar-refractivity contribution >= 4 is 29.8 Å². The standard InChI is InChI=1S/C32H41NO2Si/c1-7-31(5)24-30(25(3)32(6,8-2)33(31)26(4)34)35-36(27-18-12-9-13-19-27,28-20-14-10-15-21-28)29-22-16-11-17-23-29/h9-23,25,30H,7-8,24H2,1-6H3. The van der Waals surface area contributed by atoms with Gasteiger partial charge in [-0.1, -0.05) is 112 Å². The fourth-order valence-electron chi connectivity index (χ4n) is 6.54. The summed E-state index contributed by atoms with van der Waals surface area (Å²) < 4.78 is 7.67. The zero-order valence-electron chi connectivity index (χ0n) is 22.7. The highest BCUT2D eigenvalue weighted by Gasteiger charge is 2.56. The van der Waals surface area contributed by atoms with E-state index < -0.39 is 8.32 Å². The van der Waals surface area contributed by atoms with E-state index in [0.717, 1.165) is 19.3 Å². The van der Waals surface area contributed by atoms with Crippen molar-refractivity contribution in [1.82, 2.24) is 4.90 Å². The lowest BCUT2D eigenvalue weighted by molar-refractivity contribution is -0.166. The second-order valence-corrected chi connectivity index (χ2v) is 14.2. The van der Waals surface area contributed by atoms with Gasteiger partial charge in [0.2, 0.25) is 5.91 Å². The van der Waals surface area contributed by atoms with Crippen LogP contribution in [0.1, 0.15) is 60.8 Å². The second-order valence-electron chi connectivity index (χ2n) is 10.8. The fraction of sp³-hybridized carbons (Fsp3) is 0.406. The molecule has 1 aliphatic heterocycles. The summed E-state index contributed by atoms with van der Waals surface area (Å²) in [6.07, 6.45) is 2.61. The first-order chi connectivity index (χ1) is 17.2. The molecule has 1 aliphatic rings. The van der Waals surface area contributed by atoms with Gasteiger partial charge in [0.25, 0.3) is 8.32 Å². The van der Waals surface area contributed by atoms with Crippen molar-refractivity contribution in [2.75, 3.05) is 0 Å². The summed E-state index contributed by atoms with van der Waals surface area (Å²) in [4.78, 5) is 15.2. The molecule has 3 aromatic carbocycles. The van der Waals surface area contributed by atoms with Gasteiger partial charge in [-0.05, 0) is 48.7 Å². The van der Waals surface area contributed by atoms with Gasteiger partial charge >= 0.3 is 0 Å². The molecular formula is C32H41NO2Si. The first-order valence-corrected chi connectivity index (χ1v) is 15.3. The van der Waals surface area contributed by atoms with Crippen molar-refractivity contribution in [3.63, 3.8) is 0 Å².